The number of likely N-dealkylation sites (tertiary alicyclic amines) is 1. The van der Waals surface area contributed by atoms with Crippen molar-refractivity contribution in [1.82, 2.24) is 4.90 Å². The van der Waals surface area contributed by atoms with E-state index < -0.39 is 18.1 Å². The number of anilines is 1. The van der Waals surface area contributed by atoms with Gasteiger partial charge in [-0.1, -0.05) is 60.7 Å². The molecule has 6 nitrogen and oxygen atoms in total. The topological polar surface area (TPSA) is 59.1 Å². The minimum absolute atomic E-state index is 0.210. The van der Waals surface area contributed by atoms with Crippen molar-refractivity contribution in [3.8, 4) is 5.75 Å². The van der Waals surface area contributed by atoms with Gasteiger partial charge in [0.15, 0.2) is 6.10 Å². The van der Waals surface area contributed by atoms with Crippen LogP contribution in [0.25, 0.3) is 0 Å². The molecule has 3 atom stereocenters. The number of methoxy groups -OCH3 is 1. The second-order valence-electron chi connectivity index (χ2n) is 7.68. The summed E-state index contributed by atoms with van der Waals surface area (Å²) in [6.07, 6.45) is -0.844. The average molecular weight is 414 g/mol. The summed E-state index contributed by atoms with van der Waals surface area (Å²) in [5.41, 5.74) is 2.60. The Labute approximate surface area is 180 Å². The molecule has 6 heteroatoms. The summed E-state index contributed by atoms with van der Waals surface area (Å²) in [6, 6.07) is 26.2. The van der Waals surface area contributed by atoms with Gasteiger partial charge in [0.2, 0.25) is 5.91 Å². The molecule has 2 heterocycles. The Hall–Kier alpha value is -3.64. The molecule has 2 aliphatic heterocycles. The normalized spacial score (nSPS) is 22.7. The Kier molecular flexibility index (Phi) is 4.92. The number of carbonyl (C=O) groups is 2. The monoisotopic (exact) mass is 414 g/mol. The van der Waals surface area contributed by atoms with Crippen LogP contribution in [0.2, 0.25) is 0 Å². The van der Waals surface area contributed by atoms with Crippen LogP contribution in [0.5, 0.6) is 5.75 Å². The van der Waals surface area contributed by atoms with Crippen molar-refractivity contribution in [1.29, 1.82) is 0 Å². The van der Waals surface area contributed by atoms with Crippen LogP contribution in [0.4, 0.5) is 5.69 Å². The molecule has 3 aromatic carbocycles. The quantitative estimate of drug-likeness (QED) is 0.596. The molecule has 2 saturated heterocycles. The summed E-state index contributed by atoms with van der Waals surface area (Å²) in [5.74, 6) is -0.399. The lowest BCUT2D eigenvalue weighted by molar-refractivity contribution is -0.143. The fourth-order valence-corrected chi connectivity index (χ4v) is 4.33. The number of amides is 2. The number of hydrogen-bond acceptors (Lipinski definition) is 5. The van der Waals surface area contributed by atoms with Crippen molar-refractivity contribution < 1.29 is 19.2 Å². The molecule has 31 heavy (non-hydrogen) atoms. The fraction of sp³-hybridized carbons (Fsp3) is 0.200. The van der Waals surface area contributed by atoms with E-state index in [4.69, 9.17) is 9.57 Å². The lowest BCUT2D eigenvalue weighted by Crippen LogP contribution is -2.36. The van der Waals surface area contributed by atoms with E-state index in [9.17, 15) is 9.59 Å². The molecule has 5 rings (SSSR count). The molecular weight excluding hydrogens is 392 g/mol. The summed E-state index contributed by atoms with van der Waals surface area (Å²) in [6.45, 7) is 0.246. The van der Waals surface area contributed by atoms with Crippen molar-refractivity contribution in [3.63, 3.8) is 0 Å². The van der Waals surface area contributed by atoms with Crippen LogP contribution in [-0.4, -0.2) is 29.9 Å². The van der Waals surface area contributed by atoms with Gasteiger partial charge in [-0.05, 0) is 35.4 Å². The van der Waals surface area contributed by atoms with Crippen LogP contribution in [0, 0.1) is 5.92 Å². The molecule has 0 aromatic heterocycles. The number of ether oxygens (including phenoxy) is 1. The molecule has 2 amide bonds. The van der Waals surface area contributed by atoms with Crippen LogP contribution < -0.4 is 9.80 Å². The second kappa shape index (κ2) is 7.89. The van der Waals surface area contributed by atoms with Crippen molar-refractivity contribution in [2.75, 3.05) is 12.2 Å². The van der Waals surface area contributed by atoms with E-state index >= 15 is 0 Å². The molecule has 3 aromatic rings. The van der Waals surface area contributed by atoms with Gasteiger partial charge in [-0.3, -0.25) is 19.3 Å². The van der Waals surface area contributed by atoms with E-state index in [-0.39, 0.29) is 18.4 Å². The van der Waals surface area contributed by atoms with Crippen LogP contribution in [-0.2, 0) is 21.0 Å². The number of imide groups is 1. The zero-order chi connectivity index (χ0) is 21.4. The van der Waals surface area contributed by atoms with Gasteiger partial charge in [0.1, 0.15) is 11.7 Å². The van der Waals surface area contributed by atoms with Gasteiger partial charge in [0.25, 0.3) is 5.91 Å². The van der Waals surface area contributed by atoms with Crippen LogP contribution >= 0.6 is 0 Å². The maximum absolute atomic E-state index is 13.5. The number of para-hydroxylation sites is 1. The zero-order valence-electron chi connectivity index (χ0n) is 17.0. The van der Waals surface area contributed by atoms with Gasteiger partial charge in [0.05, 0.1) is 25.4 Å². The minimum atomic E-state index is -0.844. The number of nitrogens with zero attached hydrogens (tertiary/aromatic N) is 2. The molecule has 2 fully saturated rings. The highest BCUT2D eigenvalue weighted by molar-refractivity contribution is 6.07. The molecule has 156 valence electrons. The van der Waals surface area contributed by atoms with Gasteiger partial charge in [-0.15, -0.1) is 0 Å². The highest BCUT2D eigenvalue weighted by atomic mass is 16.7. The number of fused-ring (bicyclic) bond motifs is 1. The second-order valence-corrected chi connectivity index (χ2v) is 7.68. The van der Waals surface area contributed by atoms with Crippen molar-refractivity contribution in [3.05, 3.63) is 96.1 Å². The first-order valence-electron chi connectivity index (χ1n) is 10.2. The van der Waals surface area contributed by atoms with Crippen LogP contribution in [0.1, 0.15) is 17.2 Å². The Morgan fingerprint density at radius 3 is 2.13 bits per heavy atom. The van der Waals surface area contributed by atoms with Gasteiger partial charge in [0, 0.05) is 0 Å². The maximum Gasteiger partial charge on any atom is 0.262 e. The Balaban J connectivity index is 1.52. The van der Waals surface area contributed by atoms with Gasteiger partial charge in [-0.2, -0.15) is 0 Å². The number of carbonyl (C=O) groups excluding carboxylic acids is 2. The Morgan fingerprint density at radius 2 is 1.48 bits per heavy atom. The zero-order valence-corrected chi connectivity index (χ0v) is 17.0. The SMILES string of the molecule is COc1ccc([C@@H]2[C@H]3C(=O)N(Cc4ccccc4)C(=O)[C@H]3ON2c2ccccc2)cc1. The first kappa shape index (κ1) is 19.3. The molecule has 0 aliphatic carbocycles. The summed E-state index contributed by atoms with van der Waals surface area (Å²) in [4.78, 5) is 34.1. The first-order chi connectivity index (χ1) is 15.2. The number of rotatable bonds is 5. The number of hydroxylamine groups is 1. The van der Waals surface area contributed by atoms with E-state index in [1.807, 2.05) is 84.9 Å². The van der Waals surface area contributed by atoms with Gasteiger partial charge >= 0.3 is 0 Å². The average Bonchev–Trinajstić information content (AvgIpc) is 3.32. The van der Waals surface area contributed by atoms with Crippen LogP contribution in [0.3, 0.4) is 0 Å². The van der Waals surface area contributed by atoms with Gasteiger partial charge < -0.3 is 4.74 Å². The van der Waals surface area contributed by atoms with Crippen molar-refractivity contribution in [2.24, 2.45) is 5.92 Å². The first-order valence-corrected chi connectivity index (χ1v) is 10.2. The van der Waals surface area contributed by atoms with E-state index in [1.54, 1.807) is 12.2 Å². The highest BCUT2D eigenvalue weighted by Gasteiger charge is 2.59. The predicted molar refractivity (Wildman–Crippen MR) is 115 cm³/mol. The molecular formula is C25H22N2O4. The smallest absolute Gasteiger partial charge is 0.262 e. The van der Waals surface area contributed by atoms with Crippen molar-refractivity contribution >= 4 is 17.5 Å². The largest absolute Gasteiger partial charge is 0.497 e. The fourth-order valence-electron chi connectivity index (χ4n) is 4.33. The Bertz CT molecular complexity index is 1090. The minimum Gasteiger partial charge on any atom is -0.497 e. The molecule has 0 bridgehead atoms. The van der Waals surface area contributed by atoms with E-state index in [1.165, 1.54) is 4.90 Å². The summed E-state index contributed by atoms with van der Waals surface area (Å²) >= 11 is 0. The molecule has 0 N–H and O–H groups in total. The van der Waals surface area contributed by atoms with Crippen LogP contribution in [0.15, 0.2) is 84.9 Å². The standard InChI is InChI=1S/C25H22N2O4/c1-30-20-14-12-18(13-15-20)22-21-23(31-27(22)19-10-6-3-7-11-19)25(29)26(24(21)28)16-17-8-4-2-5-9-17/h2-15,21-23H,16H2,1H3/t21-,22-,23+/m1/s1. The summed E-state index contributed by atoms with van der Waals surface area (Å²) in [7, 11) is 1.61. The van der Waals surface area contributed by atoms with E-state index in [0.29, 0.717) is 0 Å². The third-order valence-corrected chi connectivity index (χ3v) is 5.86. The number of benzene rings is 3. The number of hydrogen-bond donors (Lipinski definition) is 0. The molecule has 0 radical (unpaired) electrons. The highest BCUT2D eigenvalue weighted by Crippen LogP contribution is 2.47. The predicted octanol–water partition coefficient (Wildman–Crippen LogP) is 3.74. The van der Waals surface area contributed by atoms with E-state index in [0.717, 1.165) is 22.6 Å². The van der Waals surface area contributed by atoms with Crippen molar-refractivity contribution in [2.45, 2.75) is 18.7 Å². The molecule has 2 aliphatic rings. The third kappa shape index (κ3) is 3.35. The van der Waals surface area contributed by atoms with E-state index in [2.05, 4.69) is 0 Å². The maximum atomic E-state index is 13.5. The van der Waals surface area contributed by atoms with Gasteiger partial charge in [-0.25, -0.2) is 5.06 Å². The summed E-state index contributed by atoms with van der Waals surface area (Å²) in [5, 5.41) is 1.70. The molecule has 0 unspecified atom stereocenters. The lowest BCUT2D eigenvalue weighted by Gasteiger charge is -2.28. The summed E-state index contributed by atoms with van der Waals surface area (Å²) < 4.78 is 5.28. The third-order valence-electron chi connectivity index (χ3n) is 5.86. The molecule has 0 spiro atoms. The lowest BCUT2D eigenvalue weighted by atomic mass is 9.90. The Morgan fingerprint density at radius 1 is 0.839 bits per heavy atom. The molecule has 0 saturated carbocycles.